The van der Waals surface area contributed by atoms with Gasteiger partial charge >= 0.3 is 6.18 Å². The Morgan fingerprint density at radius 3 is 2.60 bits per heavy atom. The summed E-state index contributed by atoms with van der Waals surface area (Å²) < 4.78 is 36.2. The standard InChI is InChI=1S/C13H18F3N3O/c1-9-7-10(17)3-4-11(9)18-12(20)8-19(2)6-5-13(14,15)16/h3-4,7H,5-6,8,17H2,1-2H3,(H,18,20). The average Bonchev–Trinajstić information content (AvgIpc) is 2.29. The van der Waals surface area contributed by atoms with Crippen LogP contribution in [0, 0.1) is 6.92 Å². The van der Waals surface area contributed by atoms with Crippen LogP contribution in [0.25, 0.3) is 0 Å². The third-order valence-electron chi connectivity index (χ3n) is 2.72. The molecule has 112 valence electrons. The minimum absolute atomic E-state index is 0.0973. The molecule has 0 bridgehead atoms. The van der Waals surface area contributed by atoms with Crippen molar-refractivity contribution in [3.63, 3.8) is 0 Å². The molecule has 1 aromatic carbocycles. The van der Waals surface area contributed by atoms with Crippen LogP contribution in [0.15, 0.2) is 18.2 Å². The summed E-state index contributed by atoms with van der Waals surface area (Å²) in [6.45, 7) is 1.48. The van der Waals surface area contributed by atoms with E-state index in [1.54, 1.807) is 25.1 Å². The molecule has 1 rings (SSSR count). The molecule has 4 nitrogen and oxygen atoms in total. The topological polar surface area (TPSA) is 58.4 Å². The van der Waals surface area contributed by atoms with E-state index >= 15 is 0 Å². The van der Waals surface area contributed by atoms with E-state index in [9.17, 15) is 18.0 Å². The molecule has 3 N–H and O–H groups in total. The van der Waals surface area contributed by atoms with Crippen LogP contribution in [0.3, 0.4) is 0 Å². The first-order chi connectivity index (χ1) is 9.17. The van der Waals surface area contributed by atoms with Gasteiger partial charge in [-0.2, -0.15) is 13.2 Å². The van der Waals surface area contributed by atoms with Gasteiger partial charge in [-0.05, 0) is 37.7 Å². The third kappa shape index (κ3) is 5.92. The van der Waals surface area contributed by atoms with E-state index in [1.165, 1.54) is 11.9 Å². The fourth-order valence-corrected chi connectivity index (χ4v) is 1.66. The van der Waals surface area contributed by atoms with Crippen LogP contribution in [0.2, 0.25) is 0 Å². The highest BCUT2D eigenvalue weighted by molar-refractivity contribution is 5.93. The number of hydrogen-bond donors (Lipinski definition) is 2. The monoisotopic (exact) mass is 289 g/mol. The number of benzene rings is 1. The van der Waals surface area contributed by atoms with E-state index in [0.717, 1.165) is 5.56 Å². The Morgan fingerprint density at radius 1 is 1.40 bits per heavy atom. The number of carbonyl (C=O) groups excluding carboxylic acids is 1. The Labute approximate surface area is 115 Å². The number of amides is 1. The van der Waals surface area contributed by atoms with Gasteiger partial charge < -0.3 is 11.1 Å². The predicted molar refractivity (Wildman–Crippen MR) is 72.4 cm³/mol. The number of aryl methyl sites for hydroxylation is 1. The summed E-state index contributed by atoms with van der Waals surface area (Å²) in [6.07, 6.45) is -5.14. The number of nitrogens with two attached hydrogens (primary N) is 1. The van der Waals surface area contributed by atoms with Crippen LogP contribution in [-0.2, 0) is 4.79 Å². The van der Waals surface area contributed by atoms with Gasteiger partial charge in [-0.3, -0.25) is 9.69 Å². The molecule has 7 heteroatoms. The van der Waals surface area contributed by atoms with Crippen molar-refractivity contribution in [2.24, 2.45) is 0 Å². The molecule has 0 heterocycles. The molecular weight excluding hydrogens is 271 g/mol. The van der Waals surface area contributed by atoms with Crippen LogP contribution in [-0.4, -0.2) is 37.1 Å². The van der Waals surface area contributed by atoms with Crippen LogP contribution < -0.4 is 11.1 Å². The number of carbonyl (C=O) groups is 1. The number of nitrogen functional groups attached to an aromatic ring is 1. The van der Waals surface area contributed by atoms with E-state index in [4.69, 9.17) is 5.73 Å². The summed E-state index contributed by atoms with van der Waals surface area (Å²) in [6, 6.07) is 5.03. The van der Waals surface area contributed by atoms with Gasteiger partial charge in [0.05, 0.1) is 13.0 Å². The predicted octanol–water partition coefficient (Wildman–Crippen LogP) is 2.40. The zero-order valence-electron chi connectivity index (χ0n) is 11.4. The lowest BCUT2D eigenvalue weighted by molar-refractivity contribution is -0.138. The molecule has 0 spiro atoms. The number of nitrogens with zero attached hydrogens (tertiary/aromatic N) is 1. The summed E-state index contributed by atoms with van der Waals surface area (Å²) in [5.74, 6) is -0.359. The number of halogens is 3. The lowest BCUT2D eigenvalue weighted by Crippen LogP contribution is -2.32. The number of alkyl halides is 3. The highest BCUT2D eigenvalue weighted by Crippen LogP contribution is 2.20. The maximum Gasteiger partial charge on any atom is 0.390 e. The Kier molecular flexibility index (Phi) is 5.38. The summed E-state index contributed by atoms with van der Waals surface area (Å²) in [4.78, 5) is 13.0. The third-order valence-corrected chi connectivity index (χ3v) is 2.72. The second kappa shape index (κ2) is 6.60. The van der Waals surface area contributed by atoms with Gasteiger partial charge in [0.25, 0.3) is 0 Å². The van der Waals surface area contributed by atoms with Crippen molar-refractivity contribution in [1.82, 2.24) is 4.90 Å². The maximum atomic E-state index is 12.1. The van der Waals surface area contributed by atoms with Crippen molar-refractivity contribution in [3.05, 3.63) is 23.8 Å². The minimum atomic E-state index is -4.21. The van der Waals surface area contributed by atoms with Crippen molar-refractivity contribution in [2.45, 2.75) is 19.5 Å². The van der Waals surface area contributed by atoms with Gasteiger partial charge in [0, 0.05) is 17.9 Å². The molecule has 1 amide bonds. The van der Waals surface area contributed by atoms with Gasteiger partial charge in [0.2, 0.25) is 5.91 Å². The zero-order valence-corrected chi connectivity index (χ0v) is 11.4. The lowest BCUT2D eigenvalue weighted by atomic mass is 10.2. The molecule has 0 saturated carbocycles. The normalized spacial score (nSPS) is 11.7. The van der Waals surface area contributed by atoms with E-state index < -0.39 is 12.6 Å². The van der Waals surface area contributed by atoms with Gasteiger partial charge in [-0.25, -0.2) is 0 Å². The molecule has 0 aliphatic carbocycles. The van der Waals surface area contributed by atoms with Crippen molar-refractivity contribution in [1.29, 1.82) is 0 Å². The van der Waals surface area contributed by atoms with Crippen LogP contribution >= 0.6 is 0 Å². The SMILES string of the molecule is Cc1cc(N)ccc1NC(=O)CN(C)CCC(F)(F)F. The van der Waals surface area contributed by atoms with Crippen molar-refractivity contribution in [2.75, 3.05) is 31.2 Å². The molecule has 0 fully saturated rings. The van der Waals surface area contributed by atoms with Gasteiger partial charge in [-0.1, -0.05) is 0 Å². The minimum Gasteiger partial charge on any atom is -0.399 e. The molecule has 1 aromatic rings. The average molecular weight is 289 g/mol. The second-order valence-electron chi connectivity index (χ2n) is 4.73. The quantitative estimate of drug-likeness (QED) is 0.818. The Bertz CT molecular complexity index is 474. The number of hydrogen-bond acceptors (Lipinski definition) is 3. The molecular formula is C13H18F3N3O. The maximum absolute atomic E-state index is 12.1. The first kappa shape index (κ1) is 16.3. The zero-order chi connectivity index (χ0) is 15.3. The highest BCUT2D eigenvalue weighted by Gasteiger charge is 2.27. The fraction of sp³-hybridized carbons (Fsp3) is 0.462. The van der Waals surface area contributed by atoms with Gasteiger partial charge in [0.15, 0.2) is 0 Å². The number of anilines is 2. The molecule has 0 saturated heterocycles. The molecule has 0 unspecified atom stereocenters. The van der Waals surface area contributed by atoms with Crippen molar-refractivity contribution in [3.8, 4) is 0 Å². The van der Waals surface area contributed by atoms with Crippen molar-refractivity contribution >= 4 is 17.3 Å². The van der Waals surface area contributed by atoms with E-state index in [-0.39, 0.29) is 19.0 Å². The molecule has 0 aliphatic rings. The Morgan fingerprint density at radius 2 is 2.05 bits per heavy atom. The van der Waals surface area contributed by atoms with Crippen LogP contribution in [0.1, 0.15) is 12.0 Å². The molecule has 0 aliphatic heterocycles. The molecule has 0 radical (unpaired) electrons. The first-order valence-electron chi connectivity index (χ1n) is 6.08. The second-order valence-corrected chi connectivity index (χ2v) is 4.73. The largest absolute Gasteiger partial charge is 0.399 e. The van der Waals surface area contributed by atoms with Crippen molar-refractivity contribution < 1.29 is 18.0 Å². The first-order valence-corrected chi connectivity index (χ1v) is 6.08. The molecule has 20 heavy (non-hydrogen) atoms. The summed E-state index contributed by atoms with van der Waals surface area (Å²) in [7, 11) is 1.47. The smallest absolute Gasteiger partial charge is 0.390 e. The van der Waals surface area contributed by atoms with E-state index in [0.29, 0.717) is 11.4 Å². The number of rotatable bonds is 5. The Hall–Kier alpha value is -1.76. The summed E-state index contributed by atoms with van der Waals surface area (Å²) in [5, 5.41) is 2.65. The van der Waals surface area contributed by atoms with Crippen LogP contribution in [0.4, 0.5) is 24.5 Å². The van der Waals surface area contributed by atoms with Crippen LogP contribution in [0.5, 0.6) is 0 Å². The highest BCUT2D eigenvalue weighted by atomic mass is 19.4. The summed E-state index contributed by atoms with van der Waals surface area (Å²) >= 11 is 0. The molecule has 0 atom stereocenters. The van der Waals surface area contributed by atoms with E-state index in [2.05, 4.69) is 5.32 Å². The number of nitrogens with one attached hydrogen (secondary N) is 1. The van der Waals surface area contributed by atoms with E-state index in [1.807, 2.05) is 0 Å². The number of likely N-dealkylation sites (N-methyl/N-ethyl adjacent to an activating group) is 1. The van der Waals surface area contributed by atoms with Gasteiger partial charge in [0.1, 0.15) is 0 Å². The fourth-order valence-electron chi connectivity index (χ4n) is 1.66. The lowest BCUT2D eigenvalue weighted by Gasteiger charge is -2.17. The summed E-state index contributed by atoms with van der Waals surface area (Å²) in [5.41, 5.74) is 7.58. The molecule has 0 aromatic heterocycles. The van der Waals surface area contributed by atoms with Gasteiger partial charge in [-0.15, -0.1) is 0 Å². The Balaban J connectivity index is 2.47.